The molecule has 3 rings (SSSR count). The monoisotopic (exact) mass is 434 g/mol. The lowest BCUT2D eigenvalue weighted by atomic mass is 9.80. The summed E-state index contributed by atoms with van der Waals surface area (Å²) in [4.78, 5) is 10.8. The Labute approximate surface area is 180 Å². The van der Waals surface area contributed by atoms with Crippen LogP contribution in [0.4, 0.5) is 10.2 Å². The highest BCUT2D eigenvalue weighted by Gasteiger charge is 2.22. The number of benzene rings is 1. The van der Waals surface area contributed by atoms with Crippen LogP contribution in [0, 0.1) is 5.82 Å². The van der Waals surface area contributed by atoms with Crippen LogP contribution < -0.4 is 10.4 Å². The van der Waals surface area contributed by atoms with E-state index in [1.165, 1.54) is 6.07 Å². The van der Waals surface area contributed by atoms with Crippen LogP contribution in [0.25, 0.3) is 22.4 Å². The van der Waals surface area contributed by atoms with Gasteiger partial charge in [-0.15, -0.1) is 0 Å². The average Bonchev–Trinajstić information content (AvgIpc) is 3.10. The van der Waals surface area contributed by atoms with E-state index in [9.17, 15) is 14.4 Å². The molecule has 0 atom stereocenters. The van der Waals surface area contributed by atoms with Crippen molar-refractivity contribution < 1.29 is 19.2 Å². The lowest BCUT2D eigenvalue weighted by Gasteiger charge is -2.20. The van der Waals surface area contributed by atoms with Gasteiger partial charge in [0.2, 0.25) is 0 Å². The van der Waals surface area contributed by atoms with Gasteiger partial charge in [-0.1, -0.05) is 17.7 Å². The van der Waals surface area contributed by atoms with E-state index < -0.39 is 12.9 Å². The maximum Gasteiger partial charge on any atom is 0.490 e. The summed E-state index contributed by atoms with van der Waals surface area (Å²) >= 11 is 6.38. The smallest absolute Gasteiger partial charge is 0.423 e. The zero-order valence-corrected chi connectivity index (χ0v) is 18.0. The second kappa shape index (κ2) is 9.74. The second-order valence-corrected chi connectivity index (χ2v) is 7.07. The summed E-state index contributed by atoms with van der Waals surface area (Å²) in [6, 6.07) is 4.67. The van der Waals surface area contributed by atoms with Gasteiger partial charge in [0.05, 0.1) is 17.1 Å². The lowest BCUT2D eigenvalue weighted by molar-refractivity contribution is 0.140. The Kier molecular flexibility index (Phi) is 7.30. The largest absolute Gasteiger partial charge is 0.490 e. The summed E-state index contributed by atoms with van der Waals surface area (Å²) in [5, 5.41) is 19.2. The van der Waals surface area contributed by atoms with Crippen LogP contribution in [0.15, 0.2) is 24.4 Å². The first kappa shape index (κ1) is 22.5. The Morgan fingerprint density at radius 2 is 1.97 bits per heavy atom. The molecule has 0 spiro atoms. The van der Waals surface area contributed by atoms with Gasteiger partial charge in [-0.2, -0.15) is 0 Å². The molecule has 0 saturated carbocycles. The quantitative estimate of drug-likeness (QED) is 0.398. The third-order valence-corrected chi connectivity index (χ3v) is 5.37. The van der Waals surface area contributed by atoms with Crippen molar-refractivity contribution in [3.8, 4) is 11.4 Å². The zero-order chi connectivity index (χ0) is 21.8. The fourth-order valence-electron chi connectivity index (χ4n) is 3.43. The molecule has 0 saturated heterocycles. The Bertz CT molecular complexity index is 1030. The predicted molar refractivity (Wildman–Crippen MR) is 118 cm³/mol. The minimum Gasteiger partial charge on any atom is -0.423 e. The predicted octanol–water partition coefficient (Wildman–Crippen LogP) is 2.45. The molecule has 2 heterocycles. The minimum atomic E-state index is -1.72. The van der Waals surface area contributed by atoms with E-state index in [-0.39, 0.29) is 10.5 Å². The summed E-state index contributed by atoms with van der Waals surface area (Å²) in [6.07, 6.45) is 1.59. The molecule has 7 nitrogen and oxygen atoms in total. The summed E-state index contributed by atoms with van der Waals surface area (Å²) in [6.45, 7) is 8.56. The molecular weight excluding hydrogens is 410 g/mol. The van der Waals surface area contributed by atoms with Crippen LogP contribution in [0.5, 0.6) is 0 Å². The van der Waals surface area contributed by atoms with Crippen molar-refractivity contribution in [1.29, 1.82) is 0 Å². The summed E-state index contributed by atoms with van der Waals surface area (Å²) in [5.74, 6) is 0.343. The van der Waals surface area contributed by atoms with E-state index in [1.807, 2.05) is 30.2 Å². The van der Waals surface area contributed by atoms with E-state index in [0.717, 1.165) is 0 Å². The van der Waals surface area contributed by atoms with Gasteiger partial charge in [-0.3, -0.25) is 0 Å². The van der Waals surface area contributed by atoms with Crippen molar-refractivity contribution in [1.82, 2.24) is 14.5 Å². The number of halogens is 2. The third kappa shape index (κ3) is 4.29. The van der Waals surface area contributed by atoms with Crippen LogP contribution in [0.3, 0.4) is 0 Å². The molecular formula is C20H25BClFN4O3. The standard InChI is InChI=1S/C20H25BClFN4O3/c1-4-26(5-2)20-15(23)11-13(12-24-20)19-25-18-16(27(19)9-10-30-6-3)8-7-14(17(18)22)21(28)29/h7-8,11-12,28-29H,4-6,9-10H2,1-3H3. The van der Waals surface area contributed by atoms with Gasteiger partial charge >= 0.3 is 7.12 Å². The van der Waals surface area contributed by atoms with Crippen LogP contribution in [-0.4, -0.2) is 58.0 Å². The fourth-order valence-corrected chi connectivity index (χ4v) is 3.73. The molecule has 0 aliphatic heterocycles. The van der Waals surface area contributed by atoms with Crippen LogP contribution in [0.1, 0.15) is 20.8 Å². The zero-order valence-electron chi connectivity index (χ0n) is 17.3. The molecule has 2 N–H and O–H groups in total. The summed E-state index contributed by atoms with van der Waals surface area (Å²) in [5.41, 5.74) is 1.75. The highest BCUT2D eigenvalue weighted by molar-refractivity contribution is 6.63. The molecule has 0 radical (unpaired) electrons. The van der Waals surface area contributed by atoms with E-state index in [1.54, 1.807) is 18.3 Å². The number of aromatic nitrogens is 3. The number of hydrogen-bond donors (Lipinski definition) is 2. The van der Waals surface area contributed by atoms with Gasteiger partial charge in [0.25, 0.3) is 0 Å². The number of ether oxygens (including phenoxy) is 1. The van der Waals surface area contributed by atoms with Gasteiger partial charge in [-0.25, -0.2) is 14.4 Å². The molecule has 1 aromatic carbocycles. The number of pyridine rings is 1. The molecule has 0 bridgehead atoms. The van der Waals surface area contributed by atoms with Crippen LogP contribution in [0.2, 0.25) is 5.02 Å². The molecule has 160 valence electrons. The van der Waals surface area contributed by atoms with E-state index in [4.69, 9.17) is 16.3 Å². The maximum absolute atomic E-state index is 14.8. The highest BCUT2D eigenvalue weighted by atomic mass is 35.5. The van der Waals surface area contributed by atoms with Gasteiger partial charge in [0.15, 0.2) is 11.6 Å². The van der Waals surface area contributed by atoms with Gasteiger partial charge in [0, 0.05) is 43.5 Å². The van der Waals surface area contributed by atoms with Crippen LogP contribution in [-0.2, 0) is 11.3 Å². The molecule has 0 unspecified atom stereocenters. The first-order valence-electron chi connectivity index (χ1n) is 9.96. The number of nitrogens with zero attached hydrogens (tertiary/aromatic N) is 4. The van der Waals surface area contributed by atoms with Gasteiger partial charge < -0.3 is 24.3 Å². The summed E-state index contributed by atoms with van der Waals surface area (Å²) < 4.78 is 22.2. The van der Waals surface area contributed by atoms with E-state index in [0.29, 0.717) is 61.1 Å². The molecule has 2 aromatic heterocycles. The molecule has 0 aliphatic rings. The average molecular weight is 435 g/mol. The molecule has 10 heteroatoms. The molecule has 30 heavy (non-hydrogen) atoms. The fraction of sp³-hybridized carbons (Fsp3) is 0.400. The Hall–Kier alpha value is -2.20. The highest BCUT2D eigenvalue weighted by Crippen LogP contribution is 2.30. The molecule has 0 amide bonds. The second-order valence-electron chi connectivity index (χ2n) is 6.70. The number of rotatable bonds is 9. The van der Waals surface area contributed by atoms with Crippen molar-refractivity contribution in [3.63, 3.8) is 0 Å². The van der Waals surface area contributed by atoms with Crippen LogP contribution >= 0.6 is 11.6 Å². The van der Waals surface area contributed by atoms with Crippen molar-refractivity contribution in [2.75, 3.05) is 31.2 Å². The van der Waals surface area contributed by atoms with Crippen molar-refractivity contribution >= 4 is 41.0 Å². The third-order valence-electron chi connectivity index (χ3n) is 4.97. The Morgan fingerprint density at radius 1 is 1.23 bits per heavy atom. The first-order valence-corrected chi connectivity index (χ1v) is 10.3. The lowest BCUT2D eigenvalue weighted by Crippen LogP contribution is -2.30. The SMILES string of the molecule is CCOCCn1c(-c2cnc(N(CC)CC)c(F)c2)nc2c(Cl)c(B(O)O)ccc21. The topological polar surface area (TPSA) is 83.6 Å². The van der Waals surface area contributed by atoms with E-state index in [2.05, 4.69) is 9.97 Å². The van der Waals surface area contributed by atoms with E-state index >= 15 is 0 Å². The molecule has 0 fully saturated rings. The number of hydrogen-bond acceptors (Lipinski definition) is 6. The molecule has 3 aromatic rings. The Morgan fingerprint density at radius 3 is 2.57 bits per heavy atom. The Balaban J connectivity index is 2.15. The van der Waals surface area contributed by atoms with Crippen molar-refractivity contribution in [3.05, 3.63) is 35.2 Å². The number of anilines is 1. The first-order chi connectivity index (χ1) is 14.4. The number of imidazole rings is 1. The van der Waals surface area contributed by atoms with Crippen molar-refractivity contribution in [2.45, 2.75) is 27.3 Å². The molecule has 0 aliphatic carbocycles. The number of fused-ring (bicyclic) bond motifs is 1. The maximum atomic E-state index is 14.8. The van der Waals surface area contributed by atoms with Crippen molar-refractivity contribution in [2.24, 2.45) is 0 Å². The minimum absolute atomic E-state index is 0.145. The van der Waals surface area contributed by atoms with Gasteiger partial charge in [-0.05, 0) is 32.9 Å². The van der Waals surface area contributed by atoms with Gasteiger partial charge in [0.1, 0.15) is 11.3 Å². The normalized spacial score (nSPS) is 11.3. The summed E-state index contributed by atoms with van der Waals surface area (Å²) in [7, 11) is -1.72.